The van der Waals surface area contributed by atoms with Crippen LogP contribution in [0.3, 0.4) is 0 Å². The van der Waals surface area contributed by atoms with E-state index < -0.39 is 0 Å². The standard InChI is InChI=1S/C22H21FN6O2/c1-22(2,3)21-27-20(31-28-21)15-6-9-18(24-11-15)29-12-17(26-13-29)19(30)25-10-14-4-7-16(23)8-5-14/h4-9,11-13H,10H2,1-3H3,(H,25,30). The van der Waals surface area contributed by atoms with E-state index >= 15 is 0 Å². The number of halogens is 1. The van der Waals surface area contributed by atoms with Crippen molar-refractivity contribution in [1.82, 2.24) is 30.0 Å². The van der Waals surface area contributed by atoms with Gasteiger partial charge in [-0.15, -0.1) is 0 Å². The summed E-state index contributed by atoms with van der Waals surface area (Å²) in [6.07, 6.45) is 4.73. The highest BCUT2D eigenvalue weighted by Gasteiger charge is 2.21. The Labute approximate surface area is 178 Å². The number of imidazole rings is 1. The molecule has 8 nitrogen and oxygen atoms in total. The fourth-order valence-electron chi connectivity index (χ4n) is 2.75. The van der Waals surface area contributed by atoms with Crippen molar-refractivity contribution < 1.29 is 13.7 Å². The van der Waals surface area contributed by atoms with E-state index in [4.69, 9.17) is 4.52 Å². The van der Waals surface area contributed by atoms with E-state index in [0.29, 0.717) is 23.1 Å². The minimum absolute atomic E-state index is 0.209. The van der Waals surface area contributed by atoms with E-state index in [1.807, 2.05) is 26.8 Å². The number of benzene rings is 1. The van der Waals surface area contributed by atoms with Gasteiger partial charge in [-0.25, -0.2) is 14.4 Å². The molecule has 1 aromatic carbocycles. The van der Waals surface area contributed by atoms with Crippen LogP contribution in [0.15, 0.2) is 59.6 Å². The Morgan fingerprint density at radius 1 is 1.13 bits per heavy atom. The zero-order valence-corrected chi connectivity index (χ0v) is 17.3. The summed E-state index contributed by atoms with van der Waals surface area (Å²) in [4.78, 5) is 25.3. The topological polar surface area (TPSA) is 98.7 Å². The number of carbonyl (C=O) groups is 1. The molecular weight excluding hydrogens is 399 g/mol. The molecule has 158 valence electrons. The molecule has 3 aromatic heterocycles. The third kappa shape index (κ3) is 4.66. The van der Waals surface area contributed by atoms with Crippen molar-refractivity contribution in [3.05, 3.63) is 78.0 Å². The van der Waals surface area contributed by atoms with Crippen molar-refractivity contribution in [1.29, 1.82) is 0 Å². The minimum atomic E-state index is -0.333. The van der Waals surface area contributed by atoms with Crippen LogP contribution in [0.1, 0.15) is 42.6 Å². The van der Waals surface area contributed by atoms with Crippen molar-refractivity contribution >= 4 is 5.91 Å². The number of nitrogens with one attached hydrogen (secondary N) is 1. The average molecular weight is 420 g/mol. The van der Waals surface area contributed by atoms with Gasteiger partial charge in [0, 0.05) is 24.4 Å². The maximum absolute atomic E-state index is 13.0. The quantitative estimate of drug-likeness (QED) is 0.529. The van der Waals surface area contributed by atoms with E-state index in [2.05, 4.69) is 25.4 Å². The second-order valence-electron chi connectivity index (χ2n) is 8.05. The van der Waals surface area contributed by atoms with Gasteiger partial charge in [-0.2, -0.15) is 4.98 Å². The molecule has 0 spiro atoms. The summed E-state index contributed by atoms with van der Waals surface area (Å²) in [5, 5.41) is 6.78. The molecule has 3 heterocycles. The van der Waals surface area contributed by atoms with Crippen molar-refractivity contribution in [2.45, 2.75) is 32.7 Å². The normalized spacial score (nSPS) is 11.5. The van der Waals surface area contributed by atoms with E-state index in [0.717, 1.165) is 5.56 Å². The van der Waals surface area contributed by atoms with Crippen LogP contribution in [0.5, 0.6) is 0 Å². The predicted molar refractivity (Wildman–Crippen MR) is 111 cm³/mol. The van der Waals surface area contributed by atoms with Crippen LogP contribution in [0.2, 0.25) is 0 Å². The summed E-state index contributed by atoms with van der Waals surface area (Å²) in [7, 11) is 0. The van der Waals surface area contributed by atoms with Crippen molar-refractivity contribution in [2.75, 3.05) is 0 Å². The smallest absolute Gasteiger partial charge is 0.271 e. The molecule has 0 bridgehead atoms. The number of hydrogen-bond acceptors (Lipinski definition) is 6. The molecule has 0 fully saturated rings. The van der Waals surface area contributed by atoms with Crippen molar-refractivity contribution in [3.8, 4) is 17.3 Å². The maximum atomic E-state index is 13.0. The second kappa shape index (κ2) is 8.10. The number of nitrogens with zero attached hydrogens (tertiary/aromatic N) is 5. The van der Waals surface area contributed by atoms with Gasteiger partial charge in [0.2, 0.25) is 0 Å². The maximum Gasteiger partial charge on any atom is 0.271 e. The van der Waals surface area contributed by atoms with Crippen LogP contribution in [-0.2, 0) is 12.0 Å². The Morgan fingerprint density at radius 3 is 2.55 bits per heavy atom. The van der Waals surface area contributed by atoms with Gasteiger partial charge >= 0.3 is 0 Å². The number of carbonyl (C=O) groups excluding carboxylic acids is 1. The van der Waals surface area contributed by atoms with E-state index in [1.165, 1.54) is 18.5 Å². The molecular formula is C22H21FN6O2. The van der Waals surface area contributed by atoms with Crippen LogP contribution in [0, 0.1) is 5.82 Å². The van der Waals surface area contributed by atoms with Gasteiger partial charge in [0.15, 0.2) is 5.82 Å². The number of aromatic nitrogens is 5. The first-order valence-corrected chi connectivity index (χ1v) is 9.67. The second-order valence-corrected chi connectivity index (χ2v) is 8.05. The molecule has 4 rings (SSSR count). The summed E-state index contributed by atoms with van der Waals surface area (Å²) in [5.41, 5.74) is 1.53. The molecule has 1 amide bonds. The Hall–Kier alpha value is -3.88. The zero-order chi connectivity index (χ0) is 22.0. The van der Waals surface area contributed by atoms with E-state index in [9.17, 15) is 9.18 Å². The zero-order valence-electron chi connectivity index (χ0n) is 17.3. The van der Waals surface area contributed by atoms with Crippen molar-refractivity contribution in [2.24, 2.45) is 0 Å². The monoisotopic (exact) mass is 420 g/mol. The van der Waals surface area contributed by atoms with Crippen LogP contribution in [0.4, 0.5) is 4.39 Å². The lowest BCUT2D eigenvalue weighted by molar-refractivity contribution is 0.0946. The molecule has 0 radical (unpaired) electrons. The van der Waals surface area contributed by atoms with Gasteiger partial charge in [0.1, 0.15) is 23.7 Å². The highest BCUT2D eigenvalue weighted by molar-refractivity contribution is 5.92. The van der Waals surface area contributed by atoms with Crippen LogP contribution >= 0.6 is 0 Å². The third-order valence-corrected chi connectivity index (χ3v) is 4.54. The van der Waals surface area contributed by atoms with Crippen molar-refractivity contribution in [3.63, 3.8) is 0 Å². The number of hydrogen-bond donors (Lipinski definition) is 1. The number of rotatable bonds is 5. The number of amides is 1. The summed E-state index contributed by atoms with van der Waals surface area (Å²) >= 11 is 0. The first-order chi connectivity index (χ1) is 14.8. The summed E-state index contributed by atoms with van der Waals surface area (Å²) < 4.78 is 19.9. The molecule has 0 saturated carbocycles. The van der Waals surface area contributed by atoms with Gasteiger partial charge in [0.05, 0.1) is 5.56 Å². The molecule has 31 heavy (non-hydrogen) atoms. The van der Waals surface area contributed by atoms with Gasteiger partial charge in [0.25, 0.3) is 11.8 Å². The predicted octanol–water partition coefficient (Wildman–Crippen LogP) is 3.68. The summed E-state index contributed by atoms with van der Waals surface area (Å²) in [6.45, 7) is 6.31. The average Bonchev–Trinajstić information content (AvgIpc) is 3.43. The van der Waals surface area contributed by atoms with E-state index in [1.54, 1.807) is 35.2 Å². The summed E-state index contributed by atoms with van der Waals surface area (Å²) in [5.74, 6) is 0.957. The number of pyridine rings is 1. The van der Waals surface area contributed by atoms with Gasteiger partial charge < -0.3 is 9.84 Å². The fourth-order valence-corrected chi connectivity index (χ4v) is 2.75. The summed E-state index contributed by atoms with van der Waals surface area (Å²) in [6, 6.07) is 9.53. The first-order valence-electron chi connectivity index (χ1n) is 9.67. The molecule has 0 saturated heterocycles. The minimum Gasteiger partial charge on any atom is -0.347 e. The Bertz CT molecular complexity index is 1190. The molecule has 0 aliphatic carbocycles. The molecule has 0 aliphatic rings. The molecule has 1 N–H and O–H groups in total. The lowest BCUT2D eigenvalue weighted by atomic mass is 9.96. The Kier molecular flexibility index (Phi) is 5.33. The van der Waals surface area contributed by atoms with Gasteiger partial charge in [-0.05, 0) is 29.8 Å². The Morgan fingerprint density at radius 2 is 1.90 bits per heavy atom. The first kappa shape index (κ1) is 20.4. The highest BCUT2D eigenvalue weighted by atomic mass is 19.1. The van der Waals surface area contributed by atoms with Crippen LogP contribution in [-0.4, -0.2) is 30.6 Å². The third-order valence-electron chi connectivity index (χ3n) is 4.54. The lowest BCUT2D eigenvalue weighted by Gasteiger charge is -2.10. The van der Waals surface area contributed by atoms with Crippen LogP contribution < -0.4 is 5.32 Å². The highest BCUT2D eigenvalue weighted by Crippen LogP contribution is 2.23. The van der Waals surface area contributed by atoms with Gasteiger partial charge in [-0.1, -0.05) is 38.1 Å². The Balaban J connectivity index is 1.43. The molecule has 0 unspecified atom stereocenters. The SMILES string of the molecule is CC(C)(C)c1noc(-c2ccc(-n3cnc(C(=O)NCc4ccc(F)cc4)c3)nc2)n1. The molecule has 4 aromatic rings. The largest absolute Gasteiger partial charge is 0.347 e. The molecule has 0 atom stereocenters. The van der Waals surface area contributed by atoms with Crippen LogP contribution in [0.25, 0.3) is 17.3 Å². The lowest BCUT2D eigenvalue weighted by Crippen LogP contribution is -2.23. The molecule has 0 aliphatic heterocycles. The van der Waals surface area contributed by atoms with Gasteiger partial charge in [-0.3, -0.25) is 9.36 Å². The van der Waals surface area contributed by atoms with E-state index in [-0.39, 0.29) is 29.4 Å². The molecule has 9 heteroatoms. The fraction of sp³-hybridized carbons (Fsp3) is 0.227.